The predicted molar refractivity (Wildman–Crippen MR) is 80.5 cm³/mol. The lowest BCUT2D eigenvalue weighted by Crippen LogP contribution is -2.15. The SMILES string of the molecule is NC(Cc1ccc2c(c1)CCC2)c1ccc(Cl)cc1F. The van der Waals surface area contributed by atoms with Crippen LogP contribution < -0.4 is 5.73 Å². The summed E-state index contributed by atoms with van der Waals surface area (Å²) in [5, 5.41) is 0.399. The minimum Gasteiger partial charge on any atom is -0.324 e. The molecule has 3 rings (SSSR count). The average molecular weight is 290 g/mol. The van der Waals surface area contributed by atoms with Crippen molar-refractivity contribution in [3.63, 3.8) is 0 Å². The smallest absolute Gasteiger partial charge is 0.129 e. The minimum atomic E-state index is -0.341. The molecule has 0 radical (unpaired) electrons. The maximum Gasteiger partial charge on any atom is 0.129 e. The Kier molecular flexibility index (Phi) is 3.77. The topological polar surface area (TPSA) is 26.0 Å². The van der Waals surface area contributed by atoms with E-state index in [2.05, 4.69) is 18.2 Å². The summed E-state index contributed by atoms with van der Waals surface area (Å²) in [6.07, 6.45) is 4.20. The van der Waals surface area contributed by atoms with Gasteiger partial charge in [0.05, 0.1) is 0 Å². The molecular weight excluding hydrogens is 273 g/mol. The predicted octanol–water partition coefficient (Wildman–Crippen LogP) is 4.21. The Bertz CT molecular complexity index is 639. The van der Waals surface area contributed by atoms with Crippen LogP contribution in [0.25, 0.3) is 0 Å². The first-order valence-corrected chi connectivity index (χ1v) is 7.32. The Morgan fingerprint density at radius 3 is 2.70 bits per heavy atom. The van der Waals surface area contributed by atoms with E-state index in [0.29, 0.717) is 17.0 Å². The van der Waals surface area contributed by atoms with Gasteiger partial charge in [0.1, 0.15) is 5.82 Å². The molecule has 0 fully saturated rings. The van der Waals surface area contributed by atoms with Gasteiger partial charge in [0.15, 0.2) is 0 Å². The number of hydrogen-bond donors (Lipinski definition) is 1. The Morgan fingerprint density at radius 1 is 1.10 bits per heavy atom. The lowest BCUT2D eigenvalue weighted by Gasteiger charge is -2.14. The molecule has 2 N–H and O–H groups in total. The van der Waals surface area contributed by atoms with E-state index in [1.54, 1.807) is 12.1 Å². The van der Waals surface area contributed by atoms with Gasteiger partial charge in [0.2, 0.25) is 0 Å². The zero-order valence-corrected chi connectivity index (χ0v) is 12.0. The molecule has 1 nitrogen and oxygen atoms in total. The van der Waals surface area contributed by atoms with E-state index >= 15 is 0 Å². The van der Waals surface area contributed by atoms with Crippen molar-refractivity contribution in [1.82, 2.24) is 0 Å². The first-order valence-electron chi connectivity index (χ1n) is 6.94. The second kappa shape index (κ2) is 5.55. The molecule has 104 valence electrons. The van der Waals surface area contributed by atoms with E-state index in [4.69, 9.17) is 17.3 Å². The van der Waals surface area contributed by atoms with Gasteiger partial charge >= 0.3 is 0 Å². The molecule has 1 aliphatic rings. The van der Waals surface area contributed by atoms with E-state index in [0.717, 1.165) is 6.42 Å². The highest BCUT2D eigenvalue weighted by Gasteiger charge is 2.15. The summed E-state index contributed by atoms with van der Waals surface area (Å²) in [5.74, 6) is -0.328. The molecule has 0 aliphatic heterocycles. The summed E-state index contributed by atoms with van der Waals surface area (Å²) >= 11 is 5.76. The molecule has 0 saturated carbocycles. The van der Waals surface area contributed by atoms with Crippen LogP contribution in [0.4, 0.5) is 4.39 Å². The summed E-state index contributed by atoms with van der Waals surface area (Å²) in [4.78, 5) is 0. The summed E-state index contributed by atoms with van der Waals surface area (Å²) < 4.78 is 13.9. The van der Waals surface area contributed by atoms with Crippen LogP contribution in [-0.4, -0.2) is 0 Å². The molecule has 0 heterocycles. The van der Waals surface area contributed by atoms with Crippen LogP contribution >= 0.6 is 11.6 Å². The third kappa shape index (κ3) is 2.72. The Hall–Kier alpha value is -1.38. The molecule has 0 amide bonds. The molecule has 0 saturated heterocycles. The maximum absolute atomic E-state index is 13.9. The third-order valence-corrected chi connectivity index (χ3v) is 4.22. The lowest BCUT2D eigenvalue weighted by atomic mass is 9.97. The molecule has 1 atom stereocenters. The van der Waals surface area contributed by atoms with E-state index in [1.807, 2.05) is 0 Å². The van der Waals surface area contributed by atoms with Crippen molar-refractivity contribution < 1.29 is 4.39 Å². The van der Waals surface area contributed by atoms with Crippen LogP contribution in [-0.2, 0) is 19.3 Å². The van der Waals surface area contributed by atoms with Gasteiger partial charge in [-0.25, -0.2) is 4.39 Å². The Morgan fingerprint density at radius 2 is 1.90 bits per heavy atom. The van der Waals surface area contributed by atoms with Gasteiger partial charge in [-0.1, -0.05) is 35.9 Å². The number of benzene rings is 2. The van der Waals surface area contributed by atoms with Crippen molar-refractivity contribution in [3.8, 4) is 0 Å². The van der Waals surface area contributed by atoms with Crippen LogP contribution in [0.2, 0.25) is 5.02 Å². The van der Waals surface area contributed by atoms with Gasteiger partial charge in [0.25, 0.3) is 0 Å². The zero-order valence-electron chi connectivity index (χ0n) is 11.2. The van der Waals surface area contributed by atoms with E-state index < -0.39 is 0 Å². The van der Waals surface area contributed by atoms with Crippen LogP contribution in [0.1, 0.15) is 34.7 Å². The zero-order chi connectivity index (χ0) is 14.1. The van der Waals surface area contributed by atoms with Crippen LogP contribution in [0.5, 0.6) is 0 Å². The maximum atomic E-state index is 13.9. The van der Waals surface area contributed by atoms with Crippen molar-refractivity contribution in [3.05, 3.63) is 69.5 Å². The van der Waals surface area contributed by atoms with Crippen molar-refractivity contribution in [2.75, 3.05) is 0 Å². The molecule has 0 aromatic heterocycles. The van der Waals surface area contributed by atoms with Gasteiger partial charge in [-0.15, -0.1) is 0 Å². The van der Waals surface area contributed by atoms with E-state index in [-0.39, 0.29) is 11.9 Å². The number of nitrogens with two attached hydrogens (primary N) is 1. The van der Waals surface area contributed by atoms with Gasteiger partial charge in [-0.3, -0.25) is 0 Å². The molecule has 1 aliphatic carbocycles. The minimum absolute atomic E-state index is 0.328. The van der Waals surface area contributed by atoms with Crippen molar-refractivity contribution >= 4 is 11.6 Å². The largest absolute Gasteiger partial charge is 0.324 e. The second-order valence-electron chi connectivity index (χ2n) is 5.43. The van der Waals surface area contributed by atoms with Crippen LogP contribution in [0.3, 0.4) is 0 Å². The Labute approximate surface area is 123 Å². The van der Waals surface area contributed by atoms with E-state index in [1.165, 1.54) is 35.6 Å². The molecule has 3 heteroatoms. The molecular formula is C17H17ClFN. The highest BCUT2D eigenvalue weighted by atomic mass is 35.5. The first kappa shape index (κ1) is 13.6. The highest BCUT2D eigenvalue weighted by molar-refractivity contribution is 6.30. The normalized spacial score (nSPS) is 15.2. The van der Waals surface area contributed by atoms with Gasteiger partial charge in [-0.2, -0.15) is 0 Å². The van der Waals surface area contributed by atoms with Crippen molar-refractivity contribution in [2.24, 2.45) is 5.73 Å². The fourth-order valence-corrected chi connectivity index (χ4v) is 3.08. The number of rotatable bonds is 3. The number of halogens is 2. The van der Waals surface area contributed by atoms with Gasteiger partial charge < -0.3 is 5.73 Å². The van der Waals surface area contributed by atoms with Gasteiger partial charge in [0, 0.05) is 16.6 Å². The molecule has 2 aromatic carbocycles. The standard InChI is InChI=1S/C17H17ClFN/c18-14-6-7-15(16(19)10-14)17(20)9-11-4-5-12-2-1-3-13(12)8-11/h4-8,10,17H,1-3,9,20H2. The first-order chi connectivity index (χ1) is 9.63. The molecule has 0 spiro atoms. The fraction of sp³-hybridized carbons (Fsp3) is 0.294. The van der Waals surface area contributed by atoms with Gasteiger partial charge in [-0.05, 0) is 54.5 Å². The van der Waals surface area contributed by atoms with E-state index in [9.17, 15) is 4.39 Å². The quantitative estimate of drug-likeness (QED) is 0.900. The molecule has 0 bridgehead atoms. The monoisotopic (exact) mass is 289 g/mol. The fourth-order valence-electron chi connectivity index (χ4n) is 2.92. The molecule has 20 heavy (non-hydrogen) atoms. The van der Waals surface area contributed by atoms with Crippen LogP contribution in [0, 0.1) is 5.82 Å². The summed E-state index contributed by atoms with van der Waals surface area (Å²) in [7, 11) is 0. The average Bonchev–Trinajstić information content (AvgIpc) is 2.85. The Balaban J connectivity index is 1.80. The number of fused-ring (bicyclic) bond motifs is 1. The summed E-state index contributed by atoms with van der Waals surface area (Å²) in [5.41, 5.74) is 10.7. The lowest BCUT2D eigenvalue weighted by molar-refractivity contribution is 0.580. The molecule has 2 aromatic rings. The second-order valence-corrected chi connectivity index (χ2v) is 5.87. The summed E-state index contributed by atoms with van der Waals surface area (Å²) in [6, 6.07) is 10.8. The molecule has 1 unspecified atom stereocenters. The van der Waals surface area contributed by atoms with Crippen LogP contribution in [0.15, 0.2) is 36.4 Å². The number of hydrogen-bond acceptors (Lipinski definition) is 1. The third-order valence-electron chi connectivity index (χ3n) is 3.98. The summed E-state index contributed by atoms with van der Waals surface area (Å²) in [6.45, 7) is 0. The number of aryl methyl sites for hydroxylation is 2. The van der Waals surface area contributed by atoms with Crippen molar-refractivity contribution in [2.45, 2.75) is 31.7 Å². The van der Waals surface area contributed by atoms with Crippen molar-refractivity contribution in [1.29, 1.82) is 0 Å². The highest BCUT2D eigenvalue weighted by Crippen LogP contribution is 2.26.